The molecule has 5 heteroatoms. The Bertz CT molecular complexity index is 451. The number of methoxy groups -OCH3 is 2. The Morgan fingerprint density at radius 2 is 1.79 bits per heavy atom. The first kappa shape index (κ1) is 13.8. The number of carbonyl (C=O) groups excluding carboxylic acids is 1. The van der Waals surface area contributed by atoms with E-state index in [0.29, 0.717) is 0 Å². The van der Waals surface area contributed by atoms with E-state index < -0.39 is 24.0 Å². The van der Waals surface area contributed by atoms with Gasteiger partial charge in [-0.25, -0.2) is 4.79 Å². The van der Waals surface area contributed by atoms with Gasteiger partial charge >= 0.3 is 5.97 Å². The van der Waals surface area contributed by atoms with Crippen LogP contribution in [-0.2, 0) is 19.0 Å². The average Bonchev–Trinajstić information content (AvgIpc) is 2.74. The Hall–Kier alpha value is -1.59. The molecule has 2 rings (SSSR count). The second kappa shape index (κ2) is 5.19. The maximum Gasteiger partial charge on any atom is 0.338 e. The number of rotatable bonds is 3. The van der Waals surface area contributed by atoms with Crippen LogP contribution in [0.15, 0.2) is 24.3 Å². The zero-order valence-corrected chi connectivity index (χ0v) is 11.5. The van der Waals surface area contributed by atoms with Crippen molar-refractivity contribution in [2.75, 3.05) is 14.2 Å². The lowest BCUT2D eigenvalue weighted by molar-refractivity contribution is -0.168. The third-order valence-electron chi connectivity index (χ3n) is 2.97. The lowest BCUT2D eigenvalue weighted by atomic mass is 10.0. The van der Waals surface area contributed by atoms with Gasteiger partial charge in [-0.2, -0.15) is 0 Å². The fourth-order valence-electron chi connectivity index (χ4n) is 2.09. The molecule has 0 bridgehead atoms. The lowest BCUT2D eigenvalue weighted by Crippen LogP contribution is -2.28. The van der Waals surface area contributed by atoms with Gasteiger partial charge in [0.25, 0.3) is 0 Å². The van der Waals surface area contributed by atoms with Crippen molar-refractivity contribution in [3.05, 3.63) is 29.8 Å². The molecule has 1 aliphatic rings. The minimum atomic E-state index is -0.816. The Balaban J connectivity index is 2.26. The highest BCUT2D eigenvalue weighted by molar-refractivity contribution is 5.76. The first-order chi connectivity index (χ1) is 8.96. The quantitative estimate of drug-likeness (QED) is 0.784. The van der Waals surface area contributed by atoms with E-state index in [1.54, 1.807) is 21.0 Å². The summed E-state index contributed by atoms with van der Waals surface area (Å²) in [7, 11) is 2.94. The summed E-state index contributed by atoms with van der Waals surface area (Å²) in [4.78, 5) is 11.8. The number of esters is 1. The van der Waals surface area contributed by atoms with E-state index in [4.69, 9.17) is 18.9 Å². The molecule has 0 aromatic heterocycles. The maximum atomic E-state index is 11.8. The minimum absolute atomic E-state index is 0.439. The molecule has 0 N–H and O–H groups in total. The third kappa shape index (κ3) is 2.88. The Kier molecular flexibility index (Phi) is 3.78. The lowest BCUT2D eigenvalue weighted by Gasteiger charge is -2.16. The molecule has 1 heterocycles. The molecule has 104 valence electrons. The average molecular weight is 266 g/mol. The van der Waals surface area contributed by atoms with Crippen LogP contribution in [0.1, 0.15) is 25.5 Å². The zero-order valence-electron chi connectivity index (χ0n) is 11.5. The van der Waals surface area contributed by atoms with Crippen LogP contribution < -0.4 is 4.74 Å². The standard InChI is InChI=1S/C14H18O5/c1-14(2)18-11(12(19-14)13(15)17-4)9-5-7-10(16-3)8-6-9/h5-8,11-12H,1-4H3/t11-,12?/m1/s1. The van der Waals surface area contributed by atoms with Crippen LogP contribution in [0.25, 0.3) is 0 Å². The van der Waals surface area contributed by atoms with Crippen LogP contribution in [0, 0.1) is 0 Å². The summed E-state index contributed by atoms with van der Waals surface area (Å²) in [6.07, 6.45) is -1.23. The zero-order chi connectivity index (χ0) is 14.0. The normalized spacial score (nSPS) is 25.1. The van der Waals surface area contributed by atoms with Gasteiger partial charge in [0, 0.05) is 0 Å². The molecule has 5 nitrogen and oxygen atoms in total. The topological polar surface area (TPSA) is 54.0 Å². The number of ether oxygens (including phenoxy) is 4. The van der Waals surface area contributed by atoms with Crippen LogP contribution in [-0.4, -0.2) is 32.1 Å². The highest BCUT2D eigenvalue weighted by Crippen LogP contribution is 2.39. The van der Waals surface area contributed by atoms with Crippen LogP contribution in [0.3, 0.4) is 0 Å². The maximum absolute atomic E-state index is 11.8. The fourth-order valence-corrected chi connectivity index (χ4v) is 2.09. The molecule has 0 radical (unpaired) electrons. The number of benzene rings is 1. The van der Waals surface area contributed by atoms with Crippen molar-refractivity contribution in [1.29, 1.82) is 0 Å². The summed E-state index contributed by atoms with van der Waals surface area (Å²) in [6.45, 7) is 3.54. The monoisotopic (exact) mass is 266 g/mol. The molecular weight excluding hydrogens is 248 g/mol. The van der Waals surface area contributed by atoms with E-state index in [2.05, 4.69) is 0 Å². The van der Waals surface area contributed by atoms with Gasteiger partial charge in [-0.3, -0.25) is 0 Å². The molecule has 0 amide bonds. The van der Waals surface area contributed by atoms with Gasteiger partial charge < -0.3 is 18.9 Å². The van der Waals surface area contributed by atoms with E-state index in [9.17, 15) is 4.79 Å². The Labute approximate surface area is 112 Å². The molecule has 0 saturated carbocycles. The minimum Gasteiger partial charge on any atom is -0.497 e. The molecule has 1 fully saturated rings. The molecular formula is C14H18O5. The van der Waals surface area contributed by atoms with Crippen LogP contribution >= 0.6 is 0 Å². The first-order valence-electron chi connectivity index (χ1n) is 6.04. The molecule has 19 heavy (non-hydrogen) atoms. The predicted molar refractivity (Wildman–Crippen MR) is 67.8 cm³/mol. The van der Waals surface area contributed by atoms with Gasteiger partial charge in [-0.05, 0) is 31.5 Å². The summed E-state index contributed by atoms with van der Waals surface area (Å²) < 4.78 is 21.2. The summed E-state index contributed by atoms with van der Waals surface area (Å²) in [6, 6.07) is 7.34. The van der Waals surface area contributed by atoms with Gasteiger partial charge in [0.2, 0.25) is 0 Å². The summed E-state index contributed by atoms with van der Waals surface area (Å²) in [5.74, 6) is -0.508. The smallest absolute Gasteiger partial charge is 0.338 e. The SMILES string of the molecule is COC(=O)C1OC(C)(C)O[C@@H]1c1ccc(OC)cc1. The van der Waals surface area contributed by atoms with Crippen LogP contribution in [0.5, 0.6) is 5.75 Å². The molecule has 1 unspecified atom stereocenters. The summed E-state index contributed by atoms with van der Waals surface area (Å²) >= 11 is 0. The summed E-state index contributed by atoms with van der Waals surface area (Å²) in [5, 5.41) is 0. The van der Waals surface area contributed by atoms with Crippen molar-refractivity contribution in [3.8, 4) is 5.75 Å². The highest BCUT2D eigenvalue weighted by atomic mass is 16.8. The Morgan fingerprint density at radius 1 is 1.16 bits per heavy atom. The largest absolute Gasteiger partial charge is 0.497 e. The van der Waals surface area contributed by atoms with Gasteiger partial charge in [-0.15, -0.1) is 0 Å². The van der Waals surface area contributed by atoms with Crippen molar-refractivity contribution >= 4 is 5.97 Å². The van der Waals surface area contributed by atoms with E-state index in [1.807, 2.05) is 24.3 Å². The van der Waals surface area contributed by atoms with Crippen molar-refractivity contribution in [1.82, 2.24) is 0 Å². The fraction of sp³-hybridized carbons (Fsp3) is 0.500. The molecule has 1 aromatic carbocycles. The molecule has 0 spiro atoms. The van der Waals surface area contributed by atoms with Crippen molar-refractivity contribution < 1.29 is 23.7 Å². The van der Waals surface area contributed by atoms with E-state index >= 15 is 0 Å². The summed E-state index contributed by atoms with van der Waals surface area (Å²) in [5.41, 5.74) is 0.849. The number of carbonyl (C=O) groups is 1. The Morgan fingerprint density at radius 3 is 2.32 bits per heavy atom. The second-order valence-electron chi connectivity index (χ2n) is 4.77. The van der Waals surface area contributed by atoms with Crippen molar-refractivity contribution in [2.45, 2.75) is 31.8 Å². The van der Waals surface area contributed by atoms with Gasteiger partial charge in [0.15, 0.2) is 11.9 Å². The van der Waals surface area contributed by atoms with Crippen LogP contribution in [0.2, 0.25) is 0 Å². The molecule has 1 saturated heterocycles. The van der Waals surface area contributed by atoms with E-state index in [0.717, 1.165) is 11.3 Å². The molecule has 2 atom stereocenters. The predicted octanol–water partition coefficient (Wildman–Crippen LogP) is 2.06. The van der Waals surface area contributed by atoms with Crippen molar-refractivity contribution in [2.24, 2.45) is 0 Å². The van der Waals surface area contributed by atoms with Crippen LogP contribution in [0.4, 0.5) is 0 Å². The van der Waals surface area contributed by atoms with Gasteiger partial charge in [0.05, 0.1) is 14.2 Å². The first-order valence-corrected chi connectivity index (χ1v) is 6.04. The highest BCUT2D eigenvalue weighted by Gasteiger charge is 2.46. The van der Waals surface area contributed by atoms with Crippen molar-refractivity contribution in [3.63, 3.8) is 0 Å². The molecule has 1 aromatic rings. The third-order valence-corrected chi connectivity index (χ3v) is 2.97. The van der Waals surface area contributed by atoms with Gasteiger partial charge in [-0.1, -0.05) is 12.1 Å². The molecule has 1 aliphatic heterocycles. The molecule has 0 aliphatic carbocycles. The number of hydrogen-bond acceptors (Lipinski definition) is 5. The van der Waals surface area contributed by atoms with E-state index in [-0.39, 0.29) is 0 Å². The second-order valence-corrected chi connectivity index (χ2v) is 4.77. The number of hydrogen-bond donors (Lipinski definition) is 0. The van der Waals surface area contributed by atoms with Gasteiger partial charge in [0.1, 0.15) is 11.9 Å². The van der Waals surface area contributed by atoms with E-state index in [1.165, 1.54) is 7.11 Å².